The van der Waals surface area contributed by atoms with E-state index >= 15 is 0 Å². The van der Waals surface area contributed by atoms with Gasteiger partial charge in [-0.05, 0) is 31.4 Å². The normalized spacial score (nSPS) is 25.5. The van der Waals surface area contributed by atoms with Crippen molar-refractivity contribution in [3.8, 4) is 0 Å². The van der Waals surface area contributed by atoms with Crippen molar-refractivity contribution in [1.82, 2.24) is 10.2 Å². The summed E-state index contributed by atoms with van der Waals surface area (Å²) in [7, 11) is 0. The first kappa shape index (κ1) is 14.3. The maximum Gasteiger partial charge on any atom is 0.224 e. The Morgan fingerprint density at radius 1 is 1.33 bits per heavy atom. The second-order valence-corrected chi connectivity index (χ2v) is 6.01. The Morgan fingerprint density at radius 2 is 2.10 bits per heavy atom. The molecule has 0 aromatic heterocycles. The summed E-state index contributed by atoms with van der Waals surface area (Å²) >= 11 is 0. The molecule has 0 saturated carbocycles. The van der Waals surface area contributed by atoms with Crippen LogP contribution < -0.4 is 5.32 Å². The van der Waals surface area contributed by atoms with E-state index in [4.69, 9.17) is 0 Å². The van der Waals surface area contributed by atoms with Gasteiger partial charge < -0.3 is 5.32 Å². The molecule has 21 heavy (non-hydrogen) atoms. The van der Waals surface area contributed by atoms with Crippen LogP contribution in [0.15, 0.2) is 24.3 Å². The first-order valence-electron chi connectivity index (χ1n) is 7.83. The Bertz CT molecular complexity index is 538. The Balaban J connectivity index is 1.67. The summed E-state index contributed by atoms with van der Waals surface area (Å²) in [5.41, 5.74) is 2.02. The number of nitrogens with zero attached hydrogens (tertiary/aromatic N) is 1. The van der Waals surface area contributed by atoms with Gasteiger partial charge in [0.25, 0.3) is 0 Å². The lowest BCUT2D eigenvalue weighted by atomic mass is 9.91. The molecule has 0 aliphatic carbocycles. The van der Waals surface area contributed by atoms with Crippen LogP contribution in [0.25, 0.3) is 0 Å². The quantitative estimate of drug-likeness (QED) is 0.856. The van der Waals surface area contributed by atoms with Crippen LogP contribution in [0.3, 0.4) is 0 Å². The summed E-state index contributed by atoms with van der Waals surface area (Å²) in [5, 5.41) is 2.93. The van der Waals surface area contributed by atoms with Gasteiger partial charge in [0, 0.05) is 18.2 Å². The number of nitrogens with one attached hydrogen (secondary N) is 1. The molecule has 2 aliphatic heterocycles. The van der Waals surface area contributed by atoms with Crippen molar-refractivity contribution in [1.29, 1.82) is 0 Å². The van der Waals surface area contributed by atoms with Gasteiger partial charge in [-0.1, -0.05) is 31.2 Å². The van der Waals surface area contributed by atoms with E-state index in [1.807, 2.05) is 24.3 Å². The Labute approximate surface area is 125 Å². The standard InChI is InChI=1S/C17H22N2O2/c1-2-12-5-7-13(8-6-12)16(20)11-19-9-3-4-14-15(19)10-18-17(14)21/h5-8,14-15H,2-4,9-11H2,1H3,(H,18,21). The van der Waals surface area contributed by atoms with Crippen molar-refractivity contribution < 1.29 is 9.59 Å². The number of amides is 1. The molecule has 4 nitrogen and oxygen atoms in total. The first-order valence-corrected chi connectivity index (χ1v) is 7.83. The molecule has 0 bridgehead atoms. The fourth-order valence-electron chi connectivity index (χ4n) is 3.44. The molecular weight excluding hydrogens is 264 g/mol. The Hall–Kier alpha value is -1.68. The SMILES string of the molecule is CCc1ccc(C(=O)CN2CCCC3C(=O)NCC32)cc1. The third kappa shape index (κ3) is 2.86. The molecule has 1 N–H and O–H groups in total. The van der Waals surface area contributed by atoms with Crippen LogP contribution >= 0.6 is 0 Å². The van der Waals surface area contributed by atoms with Crippen LogP contribution in [-0.4, -0.2) is 42.3 Å². The predicted octanol–water partition coefficient (Wildman–Crippen LogP) is 1.64. The fourth-order valence-corrected chi connectivity index (χ4v) is 3.44. The number of benzene rings is 1. The van der Waals surface area contributed by atoms with Gasteiger partial charge in [0.15, 0.2) is 5.78 Å². The second-order valence-electron chi connectivity index (χ2n) is 6.01. The second kappa shape index (κ2) is 5.98. The number of aryl methyl sites for hydroxylation is 1. The Morgan fingerprint density at radius 3 is 2.81 bits per heavy atom. The van der Waals surface area contributed by atoms with Crippen LogP contribution in [0.2, 0.25) is 0 Å². The average molecular weight is 286 g/mol. The highest BCUT2D eigenvalue weighted by molar-refractivity contribution is 5.97. The van der Waals surface area contributed by atoms with E-state index in [9.17, 15) is 9.59 Å². The summed E-state index contributed by atoms with van der Waals surface area (Å²) in [4.78, 5) is 26.4. The molecule has 2 fully saturated rings. The van der Waals surface area contributed by atoms with E-state index in [0.717, 1.165) is 31.4 Å². The highest BCUT2D eigenvalue weighted by Gasteiger charge is 2.41. The molecule has 0 radical (unpaired) electrons. The number of carbonyl (C=O) groups excluding carboxylic acids is 2. The van der Waals surface area contributed by atoms with E-state index in [0.29, 0.717) is 13.1 Å². The molecule has 1 amide bonds. The summed E-state index contributed by atoms with van der Waals surface area (Å²) in [6.07, 6.45) is 2.93. The molecule has 2 saturated heterocycles. The maximum atomic E-state index is 12.4. The monoisotopic (exact) mass is 286 g/mol. The number of piperidine rings is 1. The summed E-state index contributed by atoms with van der Waals surface area (Å²) in [6.45, 7) is 4.12. The predicted molar refractivity (Wildman–Crippen MR) is 81.2 cm³/mol. The molecular formula is C17H22N2O2. The number of likely N-dealkylation sites (tertiary alicyclic amines) is 1. The number of Topliss-reactive ketones (excluding diaryl/α,β-unsaturated/α-hetero) is 1. The third-order valence-corrected chi connectivity index (χ3v) is 4.75. The molecule has 3 rings (SSSR count). The number of rotatable bonds is 4. The summed E-state index contributed by atoms with van der Waals surface area (Å²) < 4.78 is 0. The number of carbonyl (C=O) groups is 2. The van der Waals surface area contributed by atoms with E-state index < -0.39 is 0 Å². The number of ketones is 1. The average Bonchev–Trinajstić information content (AvgIpc) is 2.90. The number of hydrogen-bond donors (Lipinski definition) is 1. The highest BCUT2D eigenvalue weighted by atomic mass is 16.2. The van der Waals surface area contributed by atoms with Gasteiger partial charge in [0.1, 0.15) is 0 Å². The third-order valence-electron chi connectivity index (χ3n) is 4.75. The van der Waals surface area contributed by atoms with Crippen molar-refractivity contribution in [2.45, 2.75) is 32.2 Å². The topological polar surface area (TPSA) is 49.4 Å². The van der Waals surface area contributed by atoms with E-state index in [1.54, 1.807) is 0 Å². The van der Waals surface area contributed by atoms with Gasteiger partial charge in [-0.3, -0.25) is 14.5 Å². The number of fused-ring (bicyclic) bond motifs is 1. The van der Waals surface area contributed by atoms with Crippen LogP contribution in [0.4, 0.5) is 0 Å². The lowest BCUT2D eigenvalue weighted by Gasteiger charge is -2.35. The summed E-state index contributed by atoms with van der Waals surface area (Å²) in [6, 6.07) is 8.08. The lowest BCUT2D eigenvalue weighted by Crippen LogP contribution is -2.47. The lowest BCUT2D eigenvalue weighted by molar-refractivity contribution is -0.124. The van der Waals surface area contributed by atoms with Gasteiger partial charge >= 0.3 is 0 Å². The molecule has 2 unspecified atom stereocenters. The molecule has 112 valence electrons. The van der Waals surface area contributed by atoms with Crippen molar-refractivity contribution >= 4 is 11.7 Å². The zero-order valence-electron chi connectivity index (χ0n) is 12.5. The van der Waals surface area contributed by atoms with Crippen molar-refractivity contribution in [2.75, 3.05) is 19.6 Å². The number of hydrogen-bond acceptors (Lipinski definition) is 3. The Kier molecular flexibility index (Phi) is 4.06. The van der Waals surface area contributed by atoms with Gasteiger partial charge in [-0.2, -0.15) is 0 Å². The smallest absolute Gasteiger partial charge is 0.224 e. The van der Waals surface area contributed by atoms with E-state index in [-0.39, 0.29) is 23.7 Å². The van der Waals surface area contributed by atoms with Gasteiger partial charge in [0.05, 0.1) is 12.5 Å². The van der Waals surface area contributed by atoms with Crippen molar-refractivity contribution in [3.05, 3.63) is 35.4 Å². The zero-order chi connectivity index (χ0) is 14.8. The fraction of sp³-hybridized carbons (Fsp3) is 0.529. The molecule has 2 heterocycles. The van der Waals surface area contributed by atoms with Crippen molar-refractivity contribution in [3.63, 3.8) is 0 Å². The van der Waals surface area contributed by atoms with Crippen LogP contribution in [0.1, 0.15) is 35.7 Å². The van der Waals surface area contributed by atoms with Crippen LogP contribution in [0, 0.1) is 5.92 Å². The maximum absolute atomic E-state index is 12.4. The van der Waals surface area contributed by atoms with Crippen molar-refractivity contribution in [2.24, 2.45) is 5.92 Å². The molecule has 4 heteroatoms. The van der Waals surface area contributed by atoms with Gasteiger partial charge in [-0.25, -0.2) is 0 Å². The van der Waals surface area contributed by atoms with E-state index in [1.165, 1.54) is 5.56 Å². The van der Waals surface area contributed by atoms with Crippen LogP contribution in [0.5, 0.6) is 0 Å². The molecule has 0 spiro atoms. The molecule has 1 aromatic carbocycles. The van der Waals surface area contributed by atoms with E-state index in [2.05, 4.69) is 17.1 Å². The molecule has 2 atom stereocenters. The first-order chi connectivity index (χ1) is 10.2. The highest BCUT2D eigenvalue weighted by Crippen LogP contribution is 2.27. The van der Waals surface area contributed by atoms with Gasteiger partial charge in [0.2, 0.25) is 5.91 Å². The van der Waals surface area contributed by atoms with Gasteiger partial charge in [-0.15, -0.1) is 0 Å². The minimum Gasteiger partial charge on any atom is -0.354 e. The molecule has 1 aromatic rings. The minimum absolute atomic E-state index is 0.0778. The largest absolute Gasteiger partial charge is 0.354 e. The molecule has 2 aliphatic rings. The summed E-state index contributed by atoms with van der Waals surface area (Å²) in [5.74, 6) is 0.385. The van der Waals surface area contributed by atoms with Crippen LogP contribution in [-0.2, 0) is 11.2 Å². The zero-order valence-corrected chi connectivity index (χ0v) is 12.5. The minimum atomic E-state index is 0.0778.